The van der Waals surface area contributed by atoms with Gasteiger partial charge in [0.15, 0.2) is 5.16 Å². The van der Waals surface area contributed by atoms with E-state index in [4.69, 9.17) is 0 Å². The molecule has 0 aliphatic heterocycles. The number of aromatic nitrogens is 2. The highest BCUT2D eigenvalue weighted by molar-refractivity contribution is 7.99. The lowest BCUT2D eigenvalue weighted by Crippen LogP contribution is -2.15. The second kappa shape index (κ2) is 8.41. The van der Waals surface area contributed by atoms with E-state index in [1.807, 2.05) is 25.1 Å². The third kappa shape index (κ3) is 4.67. The van der Waals surface area contributed by atoms with Gasteiger partial charge >= 0.3 is 0 Å². The molecule has 0 saturated carbocycles. The number of hydrogen-bond donors (Lipinski definition) is 2. The van der Waals surface area contributed by atoms with Crippen molar-refractivity contribution in [3.8, 4) is 0 Å². The quantitative estimate of drug-likeness (QED) is 0.561. The second-order valence-corrected chi connectivity index (χ2v) is 7.62. The SMILES string of the molecule is CCCCc1ccc(NC(=O)CSc2nc3ccc(C)cc3[nH]2)c(C)c1. The van der Waals surface area contributed by atoms with Crippen molar-refractivity contribution in [1.29, 1.82) is 0 Å². The zero-order chi connectivity index (χ0) is 18.5. The maximum absolute atomic E-state index is 12.3. The predicted molar refractivity (Wildman–Crippen MR) is 110 cm³/mol. The molecular formula is C21H25N3OS. The van der Waals surface area contributed by atoms with Crippen molar-refractivity contribution in [1.82, 2.24) is 9.97 Å². The molecule has 0 spiro atoms. The van der Waals surface area contributed by atoms with Crippen molar-refractivity contribution < 1.29 is 4.79 Å². The van der Waals surface area contributed by atoms with Gasteiger partial charge in [-0.3, -0.25) is 4.79 Å². The molecule has 0 unspecified atom stereocenters. The fourth-order valence-electron chi connectivity index (χ4n) is 2.89. The number of unbranched alkanes of at least 4 members (excludes halogenated alkanes) is 1. The zero-order valence-electron chi connectivity index (χ0n) is 15.6. The number of aryl methyl sites for hydroxylation is 3. The Labute approximate surface area is 158 Å². The molecule has 0 fully saturated rings. The Kier molecular flexibility index (Phi) is 5.99. The first-order chi connectivity index (χ1) is 12.5. The number of thioether (sulfide) groups is 1. The van der Waals surface area contributed by atoms with Gasteiger partial charge in [-0.25, -0.2) is 4.98 Å². The number of hydrogen-bond acceptors (Lipinski definition) is 3. The van der Waals surface area contributed by atoms with E-state index in [-0.39, 0.29) is 5.91 Å². The van der Waals surface area contributed by atoms with Crippen LogP contribution in [0.2, 0.25) is 0 Å². The Balaban J connectivity index is 1.58. The molecule has 0 bridgehead atoms. The minimum absolute atomic E-state index is 0.0176. The van der Waals surface area contributed by atoms with Crippen LogP contribution in [-0.2, 0) is 11.2 Å². The number of nitrogens with zero attached hydrogens (tertiary/aromatic N) is 1. The Bertz CT molecular complexity index is 917. The number of aromatic amines is 1. The van der Waals surface area contributed by atoms with Crippen molar-refractivity contribution in [3.63, 3.8) is 0 Å². The van der Waals surface area contributed by atoms with Gasteiger partial charge in [0.25, 0.3) is 0 Å². The molecule has 0 atom stereocenters. The van der Waals surface area contributed by atoms with E-state index in [2.05, 4.69) is 47.3 Å². The van der Waals surface area contributed by atoms with Crippen molar-refractivity contribution >= 4 is 34.4 Å². The van der Waals surface area contributed by atoms with Gasteiger partial charge < -0.3 is 10.3 Å². The number of H-pyrrole nitrogens is 1. The normalized spacial score (nSPS) is 11.0. The lowest BCUT2D eigenvalue weighted by Gasteiger charge is -2.10. The molecule has 2 aromatic carbocycles. The van der Waals surface area contributed by atoms with E-state index in [1.165, 1.54) is 35.7 Å². The molecular weight excluding hydrogens is 342 g/mol. The summed E-state index contributed by atoms with van der Waals surface area (Å²) in [6.07, 6.45) is 3.47. The first-order valence-corrected chi connectivity index (χ1v) is 10.0. The fraction of sp³-hybridized carbons (Fsp3) is 0.333. The molecule has 136 valence electrons. The number of carbonyl (C=O) groups excluding carboxylic acids is 1. The molecule has 5 heteroatoms. The summed E-state index contributed by atoms with van der Waals surface area (Å²) in [6, 6.07) is 12.4. The van der Waals surface area contributed by atoms with Gasteiger partial charge in [-0.05, 0) is 61.6 Å². The van der Waals surface area contributed by atoms with E-state index >= 15 is 0 Å². The highest BCUT2D eigenvalue weighted by atomic mass is 32.2. The summed E-state index contributed by atoms with van der Waals surface area (Å²) in [6.45, 7) is 6.29. The number of fused-ring (bicyclic) bond motifs is 1. The number of carbonyl (C=O) groups is 1. The monoisotopic (exact) mass is 367 g/mol. The van der Waals surface area contributed by atoms with Crippen molar-refractivity contribution in [2.24, 2.45) is 0 Å². The Morgan fingerprint density at radius 3 is 2.81 bits per heavy atom. The highest BCUT2D eigenvalue weighted by Gasteiger charge is 2.09. The molecule has 1 amide bonds. The summed E-state index contributed by atoms with van der Waals surface area (Å²) >= 11 is 1.42. The van der Waals surface area contributed by atoms with Gasteiger partial charge in [-0.2, -0.15) is 0 Å². The van der Waals surface area contributed by atoms with Crippen molar-refractivity contribution in [2.75, 3.05) is 11.1 Å². The molecule has 0 saturated heterocycles. The topological polar surface area (TPSA) is 57.8 Å². The Morgan fingerprint density at radius 1 is 1.19 bits per heavy atom. The molecule has 1 aromatic heterocycles. The first-order valence-electron chi connectivity index (χ1n) is 9.03. The fourth-order valence-corrected chi connectivity index (χ4v) is 3.58. The van der Waals surface area contributed by atoms with Crippen LogP contribution in [0, 0.1) is 13.8 Å². The smallest absolute Gasteiger partial charge is 0.234 e. The summed E-state index contributed by atoms with van der Waals surface area (Å²) in [5, 5.41) is 3.78. The molecule has 0 aliphatic rings. The maximum Gasteiger partial charge on any atom is 0.234 e. The summed E-state index contributed by atoms with van der Waals surface area (Å²) in [5.74, 6) is 0.312. The number of amides is 1. The van der Waals surface area contributed by atoms with Crippen LogP contribution in [0.4, 0.5) is 5.69 Å². The third-order valence-corrected chi connectivity index (χ3v) is 5.21. The van der Waals surface area contributed by atoms with Crippen molar-refractivity contribution in [3.05, 3.63) is 53.1 Å². The summed E-state index contributed by atoms with van der Waals surface area (Å²) in [7, 11) is 0. The molecule has 0 aliphatic carbocycles. The van der Waals surface area contributed by atoms with E-state index in [0.717, 1.165) is 33.9 Å². The molecule has 2 N–H and O–H groups in total. The van der Waals surface area contributed by atoms with E-state index < -0.39 is 0 Å². The van der Waals surface area contributed by atoms with Gasteiger partial charge in [0.05, 0.1) is 16.8 Å². The van der Waals surface area contributed by atoms with Crippen LogP contribution in [0.1, 0.15) is 36.5 Å². The van der Waals surface area contributed by atoms with Crippen LogP contribution in [0.5, 0.6) is 0 Å². The lowest BCUT2D eigenvalue weighted by atomic mass is 10.0. The van der Waals surface area contributed by atoms with Gasteiger partial charge in [0.2, 0.25) is 5.91 Å². The van der Waals surface area contributed by atoms with Gasteiger partial charge in [-0.15, -0.1) is 0 Å². The van der Waals surface area contributed by atoms with Crippen LogP contribution in [-0.4, -0.2) is 21.6 Å². The van der Waals surface area contributed by atoms with Gasteiger partial charge in [0.1, 0.15) is 0 Å². The zero-order valence-corrected chi connectivity index (χ0v) is 16.4. The number of anilines is 1. The molecule has 1 heterocycles. The molecule has 3 aromatic rings. The van der Waals surface area contributed by atoms with Crippen LogP contribution in [0.25, 0.3) is 11.0 Å². The molecule has 3 rings (SSSR count). The van der Waals surface area contributed by atoms with E-state index in [9.17, 15) is 4.79 Å². The highest BCUT2D eigenvalue weighted by Crippen LogP contribution is 2.22. The van der Waals surface area contributed by atoms with Crippen LogP contribution >= 0.6 is 11.8 Å². The Morgan fingerprint density at radius 2 is 2.04 bits per heavy atom. The lowest BCUT2D eigenvalue weighted by molar-refractivity contribution is -0.113. The maximum atomic E-state index is 12.3. The summed E-state index contributed by atoms with van der Waals surface area (Å²) in [4.78, 5) is 20.1. The predicted octanol–water partition coefficient (Wildman–Crippen LogP) is 5.25. The van der Waals surface area contributed by atoms with E-state index in [0.29, 0.717) is 5.75 Å². The van der Waals surface area contributed by atoms with E-state index in [1.54, 1.807) is 0 Å². The molecule has 0 radical (unpaired) electrons. The third-order valence-electron chi connectivity index (χ3n) is 4.34. The minimum atomic E-state index is -0.0176. The summed E-state index contributed by atoms with van der Waals surface area (Å²) < 4.78 is 0. The van der Waals surface area contributed by atoms with Gasteiger partial charge in [-0.1, -0.05) is 43.3 Å². The minimum Gasteiger partial charge on any atom is -0.333 e. The molecule has 26 heavy (non-hydrogen) atoms. The van der Waals surface area contributed by atoms with Crippen molar-refractivity contribution in [2.45, 2.75) is 45.2 Å². The molecule has 4 nitrogen and oxygen atoms in total. The van der Waals surface area contributed by atoms with Crippen LogP contribution < -0.4 is 5.32 Å². The Hall–Kier alpha value is -2.27. The average molecular weight is 368 g/mol. The first kappa shape index (κ1) is 18.5. The number of nitrogens with one attached hydrogen (secondary N) is 2. The summed E-state index contributed by atoms with van der Waals surface area (Å²) in [5.41, 5.74) is 6.44. The van der Waals surface area contributed by atoms with Gasteiger partial charge in [0, 0.05) is 5.69 Å². The number of benzene rings is 2. The number of imidazole rings is 1. The average Bonchev–Trinajstić information content (AvgIpc) is 3.02. The van der Waals surface area contributed by atoms with Crippen LogP contribution in [0.3, 0.4) is 0 Å². The number of rotatable bonds is 7. The largest absolute Gasteiger partial charge is 0.333 e. The standard InChI is InChI=1S/C21H25N3OS/c1-4-5-6-16-8-10-17(15(3)12-16)22-20(25)13-26-21-23-18-9-7-14(2)11-19(18)24-21/h7-12H,4-6,13H2,1-3H3,(H,22,25)(H,23,24). The van der Waals surface area contributed by atoms with Crippen LogP contribution in [0.15, 0.2) is 41.6 Å². The second-order valence-electron chi connectivity index (χ2n) is 6.65.